The van der Waals surface area contributed by atoms with Gasteiger partial charge in [0.2, 0.25) is 0 Å². The van der Waals surface area contributed by atoms with Crippen LogP contribution in [0.2, 0.25) is 0 Å². The van der Waals surface area contributed by atoms with E-state index < -0.39 is 0 Å². The molecular formula is C12H19N5O2. The van der Waals surface area contributed by atoms with Gasteiger partial charge in [-0.15, -0.1) is 0 Å². The van der Waals surface area contributed by atoms with E-state index in [1.165, 1.54) is 4.90 Å². The van der Waals surface area contributed by atoms with Crippen LogP contribution in [0, 0.1) is 13.8 Å². The van der Waals surface area contributed by atoms with Crippen molar-refractivity contribution in [3.63, 3.8) is 0 Å². The minimum atomic E-state index is -0.211. The summed E-state index contributed by atoms with van der Waals surface area (Å²) < 4.78 is 0. The summed E-state index contributed by atoms with van der Waals surface area (Å²) in [6.45, 7) is 7.28. The molecule has 0 aliphatic rings. The molecule has 1 aromatic rings. The quantitative estimate of drug-likeness (QED) is 0.361. The number of hydrogen-bond donors (Lipinski definition) is 2. The second-order valence-corrected chi connectivity index (χ2v) is 4.60. The Balaban J connectivity index is 3.09. The fourth-order valence-electron chi connectivity index (χ4n) is 1.62. The first-order valence-corrected chi connectivity index (χ1v) is 5.95. The Morgan fingerprint density at radius 1 is 1.47 bits per heavy atom. The van der Waals surface area contributed by atoms with Gasteiger partial charge in [0.05, 0.1) is 23.5 Å². The second kappa shape index (κ2) is 6.12. The molecule has 0 saturated heterocycles. The number of hydrogen-bond acceptors (Lipinski definition) is 5. The highest BCUT2D eigenvalue weighted by molar-refractivity contribution is 5.98. The predicted octanol–water partition coefficient (Wildman–Crippen LogP) is 0.690. The normalized spacial score (nSPS) is 11.7. The summed E-state index contributed by atoms with van der Waals surface area (Å²) in [5, 5.41) is 19.3. The lowest BCUT2D eigenvalue weighted by Crippen LogP contribution is -2.43. The molecule has 1 aromatic heterocycles. The summed E-state index contributed by atoms with van der Waals surface area (Å²) in [5.74, 6) is -0.226. The first-order chi connectivity index (χ1) is 8.86. The van der Waals surface area contributed by atoms with E-state index in [1.54, 1.807) is 19.9 Å². The minimum absolute atomic E-state index is 0.0153. The lowest BCUT2D eigenvalue weighted by atomic mass is 10.1. The monoisotopic (exact) mass is 265 g/mol. The fraction of sp³-hybridized carbons (Fsp3) is 0.500. The fourth-order valence-corrected chi connectivity index (χ4v) is 1.62. The van der Waals surface area contributed by atoms with Crippen molar-refractivity contribution in [2.24, 2.45) is 10.9 Å². The highest BCUT2D eigenvalue weighted by atomic mass is 16.4. The SMILES string of the molecule is Cc1cc(C(=O)N(C/C(N)=N/O)C(C)C)c(C)nn1. The number of nitrogens with zero attached hydrogens (tertiary/aromatic N) is 4. The third kappa shape index (κ3) is 3.64. The van der Waals surface area contributed by atoms with Crippen LogP contribution in [0.25, 0.3) is 0 Å². The van der Waals surface area contributed by atoms with E-state index in [0.29, 0.717) is 17.0 Å². The Hall–Kier alpha value is -2.18. The number of nitrogens with two attached hydrogens (primary N) is 1. The summed E-state index contributed by atoms with van der Waals surface area (Å²) in [4.78, 5) is 14.0. The van der Waals surface area contributed by atoms with E-state index in [9.17, 15) is 4.79 Å². The number of amides is 1. The molecule has 0 fully saturated rings. The lowest BCUT2D eigenvalue weighted by molar-refractivity contribution is 0.0732. The third-order valence-electron chi connectivity index (χ3n) is 2.68. The number of rotatable bonds is 4. The van der Waals surface area contributed by atoms with E-state index in [0.717, 1.165) is 0 Å². The molecule has 0 bridgehead atoms. The summed E-state index contributed by atoms with van der Waals surface area (Å²) in [6, 6.07) is 1.60. The molecule has 1 amide bonds. The number of aromatic nitrogens is 2. The number of oxime groups is 1. The van der Waals surface area contributed by atoms with Crippen molar-refractivity contribution in [3.05, 3.63) is 23.0 Å². The largest absolute Gasteiger partial charge is 0.409 e. The average Bonchev–Trinajstić information content (AvgIpc) is 2.37. The molecule has 7 heteroatoms. The van der Waals surface area contributed by atoms with Crippen LogP contribution in [0.15, 0.2) is 11.2 Å². The Labute approximate surface area is 112 Å². The van der Waals surface area contributed by atoms with Gasteiger partial charge in [0.1, 0.15) is 0 Å². The Kier molecular flexibility index (Phi) is 4.80. The van der Waals surface area contributed by atoms with Gasteiger partial charge in [-0.25, -0.2) is 0 Å². The number of carbonyl (C=O) groups is 1. The molecule has 1 heterocycles. The molecule has 0 saturated carbocycles. The van der Waals surface area contributed by atoms with Crippen LogP contribution in [0.3, 0.4) is 0 Å². The molecule has 1 rings (SSSR count). The zero-order valence-corrected chi connectivity index (χ0v) is 11.6. The smallest absolute Gasteiger partial charge is 0.256 e. The third-order valence-corrected chi connectivity index (χ3v) is 2.68. The Bertz CT molecular complexity index is 499. The van der Waals surface area contributed by atoms with Gasteiger partial charge < -0.3 is 15.8 Å². The zero-order valence-electron chi connectivity index (χ0n) is 11.6. The number of amidine groups is 1. The van der Waals surface area contributed by atoms with E-state index >= 15 is 0 Å². The molecule has 0 spiro atoms. The van der Waals surface area contributed by atoms with Crippen molar-refractivity contribution >= 4 is 11.7 Å². The van der Waals surface area contributed by atoms with Gasteiger partial charge in [0, 0.05) is 6.04 Å². The molecule has 19 heavy (non-hydrogen) atoms. The molecule has 0 radical (unpaired) electrons. The zero-order chi connectivity index (χ0) is 14.6. The average molecular weight is 265 g/mol. The predicted molar refractivity (Wildman–Crippen MR) is 71.1 cm³/mol. The van der Waals surface area contributed by atoms with E-state index in [-0.39, 0.29) is 24.3 Å². The van der Waals surface area contributed by atoms with Crippen molar-refractivity contribution in [1.29, 1.82) is 0 Å². The van der Waals surface area contributed by atoms with Crippen LogP contribution in [-0.2, 0) is 0 Å². The topological polar surface area (TPSA) is 105 Å². The highest BCUT2D eigenvalue weighted by Crippen LogP contribution is 2.11. The first-order valence-electron chi connectivity index (χ1n) is 5.95. The molecule has 104 valence electrons. The van der Waals surface area contributed by atoms with Crippen LogP contribution in [0.5, 0.6) is 0 Å². The molecule has 0 aliphatic carbocycles. The van der Waals surface area contributed by atoms with Crippen molar-refractivity contribution in [2.45, 2.75) is 33.7 Å². The molecule has 7 nitrogen and oxygen atoms in total. The Morgan fingerprint density at radius 3 is 2.63 bits per heavy atom. The van der Waals surface area contributed by atoms with Gasteiger partial charge >= 0.3 is 0 Å². The van der Waals surface area contributed by atoms with Crippen LogP contribution >= 0.6 is 0 Å². The molecule has 0 aliphatic heterocycles. The lowest BCUT2D eigenvalue weighted by Gasteiger charge is -2.26. The van der Waals surface area contributed by atoms with Gasteiger partial charge in [-0.1, -0.05) is 5.16 Å². The molecule has 3 N–H and O–H groups in total. The summed E-state index contributed by atoms with van der Waals surface area (Å²) in [6.07, 6.45) is 0. The van der Waals surface area contributed by atoms with E-state index in [4.69, 9.17) is 10.9 Å². The van der Waals surface area contributed by atoms with E-state index in [1.807, 2.05) is 13.8 Å². The first kappa shape index (κ1) is 14.9. The maximum absolute atomic E-state index is 12.5. The van der Waals surface area contributed by atoms with Crippen molar-refractivity contribution in [2.75, 3.05) is 6.54 Å². The van der Waals surface area contributed by atoms with Crippen LogP contribution in [-0.4, -0.2) is 44.6 Å². The van der Waals surface area contributed by atoms with Gasteiger partial charge in [0.25, 0.3) is 5.91 Å². The van der Waals surface area contributed by atoms with Gasteiger partial charge in [-0.05, 0) is 33.8 Å². The minimum Gasteiger partial charge on any atom is -0.409 e. The molecule has 0 unspecified atom stereocenters. The van der Waals surface area contributed by atoms with Gasteiger partial charge in [-0.3, -0.25) is 4.79 Å². The summed E-state index contributed by atoms with van der Waals surface area (Å²) in [5.41, 5.74) is 7.18. The maximum atomic E-state index is 12.5. The highest BCUT2D eigenvalue weighted by Gasteiger charge is 2.22. The Morgan fingerprint density at radius 2 is 2.11 bits per heavy atom. The van der Waals surface area contributed by atoms with Crippen molar-refractivity contribution in [1.82, 2.24) is 15.1 Å². The molecular weight excluding hydrogens is 246 g/mol. The second-order valence-electron chi connectivity index (χ2n) is 4.60. The van der Waals surface area contributed by atoms with E-state index in [2.05, 4.69) is 15.4 Å². The summed E-state index contributed by atoms with van der Waals surface area (Å²) in [7, 11) is 0. The van der Waals surface area contributed by atoms with Crippen LogP contribution in [0.1, 0.15) is 35.6 Å². The van der Waals surface area contributed by atoms with Crippen molar-refractivity contribution in [3.8, 4) is 0 Å². The van der Waals surface area contributed by atoms with Gasteiger partial charge in [0.15, 0.2) is 5.84 Å². The molecule has 0 atom stereocenters. The van der Waals surface area contributed by atoms with Crippen LogP contribution in [0.4, 0.5) is 0 Å². The standard InChI is InChI=1S/C12H19N5O2/c1-7(2)17(6-11(13)16-19)12(18)10-5-8(3)14-15-9(10)4/h5,7,19H,6H2,1-4H3,(H2,13,16). The number of carbonyl (C=O) groups excluding carboxylic acids is 1. The maximum Gasteiger partial charge on any atom is 0.256 e. The number of aryl methyl sites for hydroxylation is 2. The van der Waals surface area contributed by atoms with Gasteiger partial charge in [-0.2, -0.15) is 10.2 Å². The van der Waals surface area contributed by atoms with Crippen LogP contribution < -0.4 is 5.73 Å². The van der Waals surface area contributed by atoms with Crippen molar-refractivity contribution < 1.29 is 10.0 Å². The molecule has 0 aromatic carbocycles. The summed E-state index contributed by atoms with van der Waals surface area (Å²) >= 11 is 0.